The van der Waals surface area contributed by atoms with Crippen LogP contribution in [0, 0.1) is 6.92 Å². The van der Waals surface area contributed by atoms with Crippen LogP contribution in [0.5, 0.6) is 17.2 Å². The van der Waals surface area contributed by atoms with Crippen LogP contribution < -0.4 is 14.2 Å². The standard InChI is InChI=1S/C64H122O3/c1-5-8-11-14-17-20-23-26-29-32-35-38-41-44-47-50-53-56-65-62-59-61(4)60-63(66-57-54-51-48-45-42-39-36-33-30-27-24-21-18-15-12-9-6-2)64(62)67-58-55-52-49-46-43-40-37-34-31-28-25-22-19-16-13-10-7-3/h59-60H,5-58H2,1-4H3. The van der Waals surface area contributed by atoms with Crippen molar-refractivity contribution in [3.8, 4) is 17.2 Å². The molecule has 3 nitrogen and oxygen atoms in total. The molecule has 0 saturated heterocycles. The smallest absolute Gasteiger partial charge is 0.203 e. The molecule has 0 fully saturated rings. The fourth-order valence-corrected chi connectivity index (χ4v) is 10.1. The van der Waals surface area contributed by atoms with Crippen molar-refractivity contribution >= 4 is 0 Å². The minimum absolute atomic E-state index is 0.743. The number of benzene rings is 1. The van der Waals surface area contributed by atoms with Crippen LogP contribution in [0.4, 0.5) is 0 Å². The molecular formula is C64H122O3. The molecule has 0 aromatic heterocycles. The zero-order valence-electron chi connectivity index (χ0n) is 46.6. The summed E-state index contributed by atoms with van der Waals surface area (Å²) in [5, 5.41) is 0. The lowest BCUT2D eigenvalue weighted by Gasteiger charge is -2.18. The molecule has 0 aliphatic rings. The Hall–Kier alpha value is -1.38. The molecule has 1 rings (SSSR count). The highest BCUT2D eigenvalue weighted by molar-refractivity contribution is 5.53. The van der Waals surface area contributed by atoms with E-state index < -0.39 is 0 Å². The molecule has 0 aliphatic carbocycles. The molecule has 1 aromatic rings. The number of ether oxygens (including phenoxy) is 3. The van der Waals surface area contributed by atoms with Gasteiger partial charge in [0.25, 0.3) is 0 Å². The van der Waals surface area contributed by atoms with Gasteiger partial charge in [-0.3, -0.25) is 0 Å². The van der Waals surface area contributed by atoms with E-state index in [-0.39, 0.29) is 0 Å². The largest absolute Gasteiger partial charge is 0.490 e. The number of hydrogen-bond donors (Lipinski definition) is 0. The van der Waals surface area contributed by atoms with Gasteiger partial charge in [-0.15, -0.1) is 0 Å². The van der Waals surface area contributed by atoms with Gasteiger partial charge < -0.3 is 14.2 Å². The summed E-state index contributed by atoms with van der Waals surface area (Å²) in [6.07, 6.45) is 71.0. The quantitative estimate of drug-likeness (QED) is 0.0609. The van der Waals surface area contributed by atoms with Gasteiger partial charge in [0, 0.05) is 0 Å². The van der Waals surface area contributed by atoms with Gasteiger partial charge in [-0.1, -0.05) is 329 Å². The predicted octanol–water partition coefficient (Wildman–Crippen LogP) is 23.1. The molecule has 0 heterocycles. The molecule has 0 saturated carbocycles. The fraction of sp³-hybridized carbons (Fsp3) is 0.906. The molecule has 0 amide bonds. The van der Waals surface area contributed by atoms with Gasteiger partial charge in [-0.25, -0.2) is 0 Å². The zero-order valence-corrected chi connectivity index (χ0v) is 46.6. The van der Waals surface area contributed by atoms with Crippen LogP contribution in [0.1, 0.15) is 354 Å². The van der Waals surface area contributed by atoms with Crippen LogP contribution >= 0.6 is 0 Å². The van der Waals surface area contributed by atoms with Crippen LogP contribution in [0.3, 0.4) is 0 Å². The van der Waals surface area contributed by atoms with Crippen LogP contribution in [0.25, 0.3) is 0 Å². The van der Waals surface area contributed by atoms with Crippen molar-refractivity contribution in [1.82, 2.24) is 0 Å². The van der Waals surface area contributed by atoms with Gasteiger partial charge in [-0.05, 0) is 43.9 Å². The van der Waals surface area contributed by atoms with Gasteiger partial charge in [0.1, 0.15) is 0 Å². The molecular weight excluding hydrogens is 817 g/mol. The molecule has 0 N–H and O–H groups in total. The molecule has 0 bridgehead atoms. The van der Waals surface area contributed by atoms with E-state index in [2.05, 4.69) is 39.8 Å². The van der Waals surface area contributed by atoms with E-state index in [4.69, 9.17) is 14.2 Å². The van der Waals surface area contributed by atoms with Crippen LogP contribution in [0.2, 0.25) is 0 Å². The average Bonchev–Trinajstić information content (AvgIpc) is 3.33. The third-order valence-corrected chi connectivity index (χ3v) is 14.7. The number of hydrogen-bond acceptors (Lipinski definition) is 3. The van der Waals surface area contributed by atoms with Crippen molar-refractivity contribution in [1.29, 1.82) is 0 Å². The Labute approximate surface area is 422 Å². The van der Waals surface area contributed by atoms with E-state index in [0.29, 0.717) is 0 Å². The van der Waals surface area contributed by atoms with Crippen molar-refractivity contribution in [3.63, 3.8) is 0 Å². The summed E-state index contributed by atoms with van der Waals surface area (Å²) in [6, 6.07) is 4.36. The average molecular weight is 940 g/mol. The van der Waals surface area contributed by atoms with E-state index >= 15 is 0 Å². The van der Waals surface area contributed by atoms with E-state index in [1.165, 1.54) is 314 Å². The van der Waals surface area contributed by atoms with Crippen molar-refractivity contribution in [2.45, 2.75) is 355 Å². The minimum Gasteiger partial charge on any atom is -0.490 e. The molecule has 0 radical (unpaired) electrons. The van der Waals surface area contributed by atoms with E-state index in [9.17, 15) is 0 Å². The van der Waals surface area contributed by atoms with Crippen LogP contribution in [-0.2, 0) is 0 Å². The Bertz CT molecular complexity index is 1020. The second-order valence-electron chi connectivity index (χ2n) is 21.6. The van der Waals surface area contributed by atoms with Gasteiger partial charge in [0.05, 0.1) is 19.8 Å². The Kier molecular flexibility index (Phi) is 51.3. The second kappa shape index (κ2) is 54.0. The Balaban J connectivity index is 2.34. The highest BCUT2D eigenvalue weighted by atomic mass is 16.5. The third-order valence-electron chi connectivity index (χ3n) is 14.7. The molecule has 0 aliphatic heterocycles. The van der Waals surface area contributed by atoms with Gasteiger partial charge in [0.15, 0.2) is 11.5 Å². The lowest BCUT2D eigenvalue weighted by Crippen LogP contribution is -2.06. The first-order valence-electron chi connectivity index (χ1n) is 31.3. The molecule has 67 heavy (non-hydrogen) atoms. The van der Waals surface area contributed by atoms with Crippen molar-refractivity contribution in [2.24, 2.45) is 0 Å². The van der Waals surface area contributed by atoms with Crippen LogP contribution in [0.15, 0.2) is 12.1 Å². The normalized spacial score (nSPS) is 11.5. The summed E-state index contributed by atoms with van der Waals surface area (Å²) in [7, 11) is 0. The highest BCUT2D eigenvalue weighted by Crippen LogP contribution is 2.39. The summed E-state index contributed by atoms with van der Waals surface area (Å²) in [6.45, 7) is 11.4. The van der Waals surface area contributed by atoms with Crippen LogP contribution in [-0.4, -0.2) is 19.8 Å². The first-order chi connectivity index (χ1) is 33.2. The highest BCUT2D eigenvalue weighted by Gasteiger charge is 2.15. The van der Waals surface area contributed by atoms with Gasteiger partial charge in [-0.2, -0.15) is 0 Å². The summed E-state index contributed by atoms with van der Waals surface area (Å²) < 4.78 is 19.6. The Morgan fingerprint density at radius 1 is 0.224 bits per heavy atom. The molecule has 0 atom stereocenters. The van der Waals surface area contributed by atoms with Gasteiger partial charge in [0.2, 0.25) is 5.75 Å². The summed E-state index contributed by atoms with van der Waals surface area (Å²) in [4.78, 5) is 0. The molecule has 3 heteroatoms. The summed E-state index contributed by atoms with van der Waals surface area (Å²) in [5.74, 6) is 2.63. The minimum atomic E-state index is 0.743. The zero-order chi connectivity index (χ0) is 48.0. The fourth-order valence-electron chi connectivity index (χ4n) is 10.1. The first kappa shape index (κ1) is 63.6. The first-order valence-corrected chi connectivity index (χ1v) is 31.3. The van der Waals surface area contributed by atoms with Gasteiger partial charge >= 0.3 is 0 Å². The van der Waals surface area contributed by atoms with Crippen molar-refractivity contribution in [3.05, 3.63) is 17.7 Å². The Morgan fingerprint density at radius 2 is 0.388 bits per heavy atom. The maximum Gasteiger partial charge on any atom is 0.203 e. The lowest BCUT2D eigenvalue weighted by molar-refractivity contribution is 0.234. The monoisotopic (exact) mass is 939 g/mol. The van der Waals surface area contributed by atoms with E-state index in [0.717, 1.165) is 56.3 Å². The molecule has 0 unspecified atom stereocenters. The maximum atomic E-state index is 6.57. The predicted molar refractivity (Wildman–Crippen MR) is 300 cm³/mol. The third kappa shape index (κ3) is 45.5. The molecule has 1 aromatic carbocycles. The maximum absolute atomic E-state index is 6.57. The molecule has 0 spiro atoms. The molecule has 396 valence electrons. The Morgan fingerprint density at radius 3 is 0.582 bits per heavy atom. The van der Waals surface area contributed by atoms with Crippen molar-refractivity contribution < 1.29 is 14.2 Å². The second-order valence-corrected chi connectivity index (χ2v) is 21.6. The number of unbranched alkanes of at least 4 members (excludes halogenated alkanes) is 48. The summed E-state index contributed by atoms with van der Waals surface area (Å²) in [5.41, 5.74) is 1.19. The lowest BCUT2D eigenvalue weighted by atomic mass is 10.0. The number of aryl methyl sites for hydroxylation is 1. The van der Waals surface area contributed by atoms with E-state index in [1.807, 2.05) is 0 Å². The number of rotatable bonds is 57. The SMILES string of the molecule is CCCCCCCCCCCCCCCCCCCOc1cc(C)cc(OCCCCCCCCCCCCCCCCCCC)c1OCCCCCCCCCCCCCCCCCCC. The summed E-state index contributed by atoms with van der Waals surface area (Å²) >= 11 is 0. The topological polar surface area (TPSA) is 27.7 Å². The van der Waals surface area contributed by atoms with E-state index in [1.54, 1.807) is 0 Å². The van der Waals surface area contributed by atoms with Crippen molar-refractivity contribution in [2.75, 3.05) is 19.8 Å².